The molecule has 1 aromatic carbocycles. The summed E-state index contributed by atoms with van der Waals surface area (Å²) >= 11 is 5.88. The van der Waals surface area contributed by atoms with Crippen LogP contribution in [0.5, 0.6) is 5.75 Å². The fraction of sp³-hybridized carbons (Fsp3) is 0.167. The van der Waals surface area contributed by atoms with E-state index in [0.29, 0.717) is 16.5 Å². The predicted molar refractivity (Wildman–Crippen MR) is 68.0 cm³/mol. The molecule has 0 aliphatic heterocycles. The number of nitrogens with one attached hydrogen (secondary N) is 1. The molecule has 2 N–H and O–H groups in total. The van der Waals surface area contributed by atoms with E-state index < -0.39 is 11.9 Å². The van der Waals surface area contributed by atoms with E-state index in [9.17, 15) is 9.59 Å². The van der Waals surface area contributed by atoms with Crippen LogP contribution in [0.1, 0.15) is 6.92 Å². The average Bonchev–Trinajstić information content (AvgIpc) is 2.28. The van der Waals surface area contributed by atoms with Gasteiger partial charge in [-0.15, -0.1) is 0 Å². The molecular weight excluding hydrogens is 258 g/mol. The lowest BCUT2D eigenvalue weighted by atomic mass is 10.2. The standard InChI is InChI=1S/C12H12ClNO4/c1-7(12(16)17)5-11(15)14-8-3-4-10(18-2)9(13)6-8/h3-6H,1-2H3,(H,14,15)(H,16,17)/b7-5+. The summed E-state index contributed by atoms with van der Waals surface area (Å²) in [5, 5.41) is 11.5. The van der Waals surface area contributed by atoms with E-state index in [0.717, 1.165) is 6.08 Å². The summed E-state index contributed by atoms with van der Waals surface area (Å²) in [4.78, 5) is 22.0. The number of rotatable bonds is 4. The minimum Gasteiger partial charge on any atom is -0.495 e. The van der Waals surface area contributed by atoms with E-state index in [4.69, 9.17) is 21.4 Å². The molecule has 0 aliphatic carbocycles. The number of anilines is 1. The number of amides is 1. The van der Waals surface area contributed by atoms with Gasteiger partial charge in [-0.25, -0.2) is 4.79 Å². The maximum absolute atomic E-state index is 11.5. The molecule has 0 heterocycles. The lowest BCUT2D eigenvalue weighted by Crippen LogP contribution is -2.10. The Kier molecular flexibility index (Phi) is 4.74. The van der Waals surface area contributed by atoms with Crippen LogP contribution in [-0.4, -0.2) is 24.1 Å². The van der Waals surface area contributed by atoms with Gasteiger partial charge in [0.25, 0.3) is 0 Å². The van der Waals surface area contributed by atoms with Crippen LogP contribution in [-0.2, 0) is 9.59 Å². The fourth-order valence-corrected chi connectivity index (χ4v) is 1.44. The molecule has 0 saturated carbocycles. The van der Waals surface area contributed by atoms with Crippen molar-refractivity contribution in [1.82, 2.24) is 0 Å². The summed E-state index contributed by atoms with van der Waals surface area (Å²) in [5.41, 5.74) is 0.410. The topological polar surface area (TPSA) is 75.6 Å². The Morgan fingerprint density at radius 3 is 2.61 bits per heavy atom. The second-order valence-electron chi connectivity index (χ2n) is 3.47. The van der Waals surface area contributed by atoms with Crippen molar-refractivity contribution in [2.45, 2.75) is 6.92 Å². The first-order chi connectivity index (χ1) is 8.43. The molecule has 5 nitrogen and oxygen atoms in total. The number of carbonyl (C=O) groups is 2. The van der Waals surface area contributed by atoms with Gasteiger partial charge in [-0.05, 0) is 25.1 Å². The molecule has 0 radical (unpaired) electrons. The van der Waals surface area contributed by atoms with Crippen molar-refractivity contribution in [3.8, 4) is 5.75 Å². The monoisotopic (exact) mass is 269 g/mol. The van der Waals surface area contributed by atoms with Crippen LogP contribution in [0.3, 0.4) is 0 Å². The first kappa shape index (κ1) is 14.1. The number of hydrogen-bond acceptors (Lipinski definition) is 3. The average molecular weight is 270 g/mol. The van der Waals surface area contributed by atoms with E-state index in [1.54, 1.807) is 12.1 Å². The molecule has 0 spiro atoms. The van der Waals surface area contributed by atoms with Gasteiger partial charge < -0.3 is 15.2 Å². The van der Waals surface area contributed by atoms with Gasteiger partial charge in [0.2, 0.25) is 5.91 Å². The zero-order valence-electron chi connectivity index (χ0n) is 9.86. The van der Waals surface area contributed by atoms with Crippen LogP contribution in [0, 0.1) is 0 Å². The first-order valence-electron chi connectivity index (χ1n) is 5.00. The third-order valence-corrected chi connectivity index (χ3v) is 2.40. The molecule has 0 aromatic heterocycles. The Balaban J connectivity index is 2.80. The Hall–Kier alpha value is -2.01. The van der Waals surface area contributed by atoms with Crippen molar-refractivity contribution in [1.29, 1.82) is 0 Å². The van der Waals surface area contributed by atoms with Crippen molar-refractivity contribution in [3.05, 3.63) is 34.9 Å². The third kappa shape index (κ3) is 3.78. The molecule has 0 saturated heterocycles. The highest BCUT2D eigenvalue weighted by Gasteiger charge is 2.06. The number of carboxylic acids is 1. The van der Waals surface area contributed by atoms with E-state index in [1.807, 2.05) is 0 Å². The highest BCUT2D eigenvalue weighted by molar-refractivity contribution is 6.32. The SMILES string of the molecule is COc1ccc(NC(=O)/C=C(\C)C(=O)O)cc1Cl. The van der Waals surface area contributed by atoms with Crippen molar-refractivity contribution in [2.75, 3.05) is 12.4 Å². The van der Waals surface area contributed by atoms with Crippen LogP contribution < -0.4 is 10.1 Å². The van der Waals surface area contributed by atoms with Crippen LogP contribution >= 0.6 is 11.6 Å². The molecule has 0 aliphatic rings. The van der Waals surface area contributed by atoms with E-state index in [-0.39, 0.29) is 5.57 Å². The van der Waals surface area contributed by atoms with Crippen LogP contribution in [0.2, 0.25) is 5.02 Å². The van der Waals surface area contributed by atoms with Crippen molar-refractivity contribution >= 4 is 29.2 Å². The number of ether oxygens (including phenoxy) is 1. The van der Waals surface area contributed by atoms with E-state index in [2.05, 4.69) is 5.32 Å². The second-order valence-corrected chi connectivity index (χ2v) is 3.88. The first-order valence-corrected chi connectivity index (χ1v) is 5.38. The Morgan fingerprint density at radius 2 is 2.11 bits per heavy atom. The van der Waals surface area contributed by atoms with Gasteiger partial charge in [0.1, 0.15) is 5.75 Å². The minimum atomic E-state index is -1.14. The van der Waals surface area contributed by atoms with Gasteiger partial charge in [-0.3, -0.25) is 4.79 Å². The summed E-state index contributed by atoms with van der Waals surface area (Å²) in [6, 6.07) is 4.72. The predicted octanol–water partition coefficient (Wildman–Crippen LogP) is 2.32. The summed E-state index contributed by atoms with van der Waals surface area (Å²) in [5.74, 6) is -1.18. The third-order valence-electron chi connectivity index (χ3n) is 2.10. The maximum Gasteiger partial charge on any atom is 0.331 e. The fourth-order valence-electron chi connectivity index (χ4n) is 1.18. The molecule has 0 bridgehead atoms. The summed E-state index contributed by atoms with van der Waals surface area (Å²) in [6.45, 7) is 1.34. The number of hydrogen-bond donors (Lipinski definition) is 2. The molecule has 1 amide bonds. The van der Waals surface area contributed by atoms with E-state index >= 15 is 0 Å². The zero-order valence-corrected chi connectivity index (χ0v) is 10.6. The Labute approximate surface area is 109 Å². The Bertz CT molecular complexity index is 511. The molecule has 96 valence electrons. The quantitative estimate of drug-likeness (QED) is 0.823. The van der Waals surface area contributed by atoms with Gasteiger partial charge in [-0.1, -0.05) is 11.6 Å². The number of carbonyl (C=O) groups excluding carboxylic acids is 1. The normalized spacial score (nSPS) is 10.9. The molecule has 1 rings (SSSR count). The summed E-state index contributed by atoms with van der Waals surface area (Å²) in [6.07, 6.45) is 1.00. The van der Waals surface area contributed by atoms with Gasteiger partial charge >= 0.3 is 5.97 Å². The summed E-state index contributed by atoms with van der Waals surface area (Å²) < 4.78 is 4.97. The smallest absolute Gasteiger partial charge is 0.331 e. The van der Waals surface area contributed by atoms with Crippen molar-refractivity contribution in [2.24, 2.45) is 0 Å². The Morgan fingerprint density at radius 1 is 1.44 bits per heavy atom. The molecule has 0 fully saturated rings. The van der Waals surface area contributed by atoms with Crippen molar-refractivity contribution < 1.29 is 19.4 Å². The van der Waals surface area contributed by atoms with Gasteiger partial charge in [0.05, 0.1) is 12.1 Å². The van der Waals surface area contributed by atoms with Gasteiger partial charge in [0.15, 0.2) is 0 Å². The molecular formula is C12H12ClNO4. The van der Waals surface area contributed by atoms with Gasteiger partial charge in [-0.2, -0.15) is 0 Å². The number of aliphatic carboxylic acids is 1. The number of carboxylic acid groups (broad SMARTS) is 1. The highest BCUT2D eigenvalue weighted by atomic mass is 35.5. The van der Waals surface area contributed by atoms with Crippen LogP contribution in [0.15, 0.2) is 29.8 Å². The van der Waals surface area contributed by atoms with Gasteiger partial charge in [0, 0.05) is 17.3 Å². The van der Waals surface area contributed by atoms with Crippen LogP contribution in [0.25, 0.3) is 0 Å². The van der Waals surface area contributed by atoms with Crippen molar-refractivity contribution in [3.63, 3.8) is 0 Å². The molecule has 6 heteroatoms. The lowest BCUT2D eigenvalue weighted by molar-refractivity contribution is -0.132. The highest BCUT2D eigenvalue weighted by Crippen LogP contribution is 2.27. The maximum atomic E-state index is 11.5. The summed E-state index contributed by atoms with van der Waals surface area (Å²) in [7, 11) is 1.48. The molecule has 0 unspecified atom stereocenters. The van der Waals surface area contributed by atoms with E-state index in [1.165, 1.54) is 20.1 Å². The second kappa shape index (κ2) is 6.07. The lowest BCUT2D eigenvalue weighted by Gasteiger charge is -2.06. The molecule has 0 atom stereocenters. The zero-order chi connectivity index (χ0) is 13.7. The minimum absolute atomic E-state index is 0.0490. The number of halogens is 1. The number of benzene rings is 1. The largest absolute Gasteiger partial charge is 0.495 e. The number of methoxy groups -OCH3 is 1. The van der Waals surface area contributed by atoms with Crippen LogP contribution in [0.4, 0.5) is 5.69 Å². The molecule has 18 heavy (non-hydrogen) atoms. The molecule has 1 aromatic rings.